The number of carbonyl (C=O) groups excluding carboxylic acids is 1. The van der Waals surface area contributed by atoms with E-state index in [9.17, 15) is 4.79 Å². The van der Waals surface area contributed by atoms with Crippen molar-refractivity contribution in [1.82, 2.24) is 19.7 Å². The number of rotatable bonds is 3. The molecule has 3 aromatic rings. The Kier molecular flexibility index (Phi) is 4.46. The van der Waals surface area contributed by atoms with Gasteiger partial charge in [-0.3, -0.25) is 9.48 Å². The third-order valence-corrected chi connectivity index (χ3v) is 5.55. The Morgan fingerprint density at radius 2 is 2.07 bits per heavy atom. The zero-order chi connectivity index (χ0) is 19.1. The van der Waals surface area contributed by atoms with Crippen LogP contribution in [0.5, 0.6) is 0 Å². The minimum atomic E-state index is 0.114. The molecule has 1 aliphatic rings. The van der Waals surface area contributed by atoms with E-state index in [1.54, 1.807) is 0 Å². The van der Waals surface area contributed by atoms with E-state index in [-0.39, 0.29) is 11.9 Å². The monoisotopic (exact) mass is 362 g/mol. The van der Waals surface area contributed by atoms with E-state index >= 15 is 0 Å². The van der Waals surface area contributed by atoms with Gasteiger partial charge >= 0.3 is 0 Å². The zero-order valence-electron chi connectivity index (χ0n) is 16.5. The molecule has 1 atom stereocenters. The van der Waals surface area contributed by atoms with Crippen LogP contribution in [-0.2, 0) is 6.54 Å². The van der Waals surface area contributed by atoms with Gasteiger partial charge in [-0.15, -0.1) is 0 Å². The van der Waals surface area contributed by atoms with Crippen LogP contribution in [0, 0.1) is 13.8 Å². The lowest BCUT2D eigenvalue weighted by atomic mass is 9.98. The molecule has 27 heavy (non-hydrogen) atoms. The van der Waals surface area contributed by atoms with Crippen molar-refractivity contribution in [3.05, 3.63) is 47.3 Å². The van der Waals surface area contributed by atoms with Crippen LogP contribution in [-0.4, -0.2) is 38.2 Å². The fraction of sp³-hybridized carbons (Fsp3) is 0.409. The first kappa shape index (κ1) is 17.7. The highest BCUT2D eigenvalue weighted by Crippen LogP contribution is 2.30. The van der Waals surface area contributed by atoms with Crippen molar-refractivity contribution in [2.75, 3.05) is 6.54 Å². The normalized spacial score (nSPS) is 17.0. The maximum Gasteiger partial charge on any atom is 0.254 e. The fourth-order valence-electron chi connectivity index (χ4n) is 4.13. The quantitative estimate of drug-likeness (QED) is 0.696. The van der Waals surface area contributed by atoms with Crippen molar-refractivity contribution in [2.24, 2.45) is 0 Å². The summed E-state index contributed by atoms with van der Waals surface area (Å²) in [6.45, 7) is 9.97. The lowest BCUT2D eigenvalue weighted by Gasteiger charge is -2.23. The highest BCUT2D eigenvalue weighted by Gasteiger charge is 2.28. The molecule has 0 saturated carbocycles. The van der Waals surface area contributed by atoms with Crippen LogP contribution < -0.4 is 0 Å². The molecule has 140 valence electrons. The van der Waals surface area contributed by atoms with Crippen LogP contribution in [0.1, 0.15) is 48.2 Å². The Balaban J connectivity index is 1.93. The van der Waals surface area contributed by atoms with Gasteiger partial charge in [0.15, 0.2) is 0 Å². The van der Waals surface area contributed by atoms with Crippen LogP contribution in [0.25, 0.3) is 22.2 Å². The van der Waals surface area contributed by atoms with E-state index in [1.165, 1.54) is 0 Å². The summed E-state index contributed by atoms with van der Waals surface area (Å²) in [6, 6.07) is 6.44. The first-order valence-corrected chi connectivity index (χ1v) is 9.73. The lowest BCUT2D eigenvalue weighted by molar-refractivity contribution is 0.0749. The number of nitrogens with zero attached hydrogens (tertiary/aromatic N) is 4. The fourth-order valence-corrected chi connectivity index (χ4v) is 4.13. The molecule has 1 aliphatic heterocycles. The lowest BCUT2D eigenvalue weighted by Crippen LogP contribution is -2.33. The van der Waals surface area contributed by atoms with Crippen LogP contribution in [0.15, 0.2) is 30.6 Å². The molecule has 5 heteroatoms. The summed E-state index contributed by atoms with van der Waals surface area (Å²) in [5.74, 6) is 0.114. The number of aryl methyl sites for hydroxylation is 3. The van der Waals surface area contributed by atoms with Crippen LogP contribution in [0.3, 0.4) is 0 Å². The third kappa shape index (κ3) is 3.11. The highest BCUT2D eigenvalue weighted by molar-refractivity contribution is 6.08. The van der Waals surface area contributed by atoms with Gasteiger partial charge in [-0.1, -0.05) is 6.07 Å². The van der Waals surface area contributed by atoms with Gasteiger partial charge in [0.05, 0.1) is 23.0 Å². The molecule has 1 saturated heterocycles. The summed E-state index contributed by atoms with van der Waals surface area (Å²) >= 11 is 0. The van der Waals surface area contributed by atoms with Gasteiger partial charge < -0.3 is 4.90 Å². The number of fused-ring (bicyclic) bond motifs is 1. The maximum atomic E-state index is 13.4. The molecule has 0 aliphatic carbocycles. The van der Waals surface area contributed by atoms with Crippen LogP contribution in [0.4, 0.5) is 0 Å². The first-order chi connectivity index (χ1) is 13.0. The molecular formula is C22H26N4O. The molecule has 0 unspecified atom stereocenters. The third-order valence-electron chi connectivity index (χ3n) is 5.55. The summed E-state index contributed by atoms with van der Waals surface area (Å²) in [6.07, 6.45) is 5.96. The van der Waals surface area contributed by atoms with Gasteiger partial charge in [0.25, 0.3) is 5.91 Å². The van der Waals surface area contributed by atoms with E-state index in [2.05, 4.69) is 44.9 Å². The molecule has 0 bridgehead atoms. The Morgan fingerprint density at radius 1 is 1.26 bits per heavy atom. The van der Waals surface area contributed by atoms with Gasteiger partial charge in [0, 0.05) is 36.3 Å². The van der Waals surface area contributed by atoms with Crippen molar-refractivity contribution < 1.29 is 4.79 Å². The number of carbonyl (C=O) groups is 1. The Bertz CT molecular complexity index is 1020. The Morgan fingerprint density at radius 3 is 2.74 bits per heavy atom. The van der Waals surface area contributed by atoms with Crippen LogP contribution >= 0.6 is 0 Å². The molecule has 1 fully saturated rings. The predicted octanol–water partition coefficient (Wildman–Crippen LogP) is 4.36. The molecular weight excluding hydrogens is 336 g/mol. The summed E-state index contributed by atoms with van der Waals surface area (Å²) < 4.78 is 1.88. The smallest absolute Gasteiger partial charge is 0.254 e. The number of hydrogen-bond donors (Lipinski definition) is 0. The molecule has 0 radical (unpaired) electrons. The number of aromatic nitrogens is 3. The van der Waals surface area contributed by atoms with Crippen LogP contribution in [0.2, 0.25) is 0 Å². The van der Waals surface area contributed by atoms with Gasteiger partial charge in [-0.25, -0.2) is 4.98 Å². The molecule has 5 nitrogen and oxygen atoms in total. The van der Waals surface area contributed by atoms with Crippen molar-refractivity contribution in [1.29, 1.82) is 0 Å². The largest absolute Gasteiger partial charge is 0.336 e. The Hall–Kier alpha value is -2.69. The predicted molar refractivity (Wildman–Crippen MR) is 108 cm³/mol. The van der Waals surface area contributed by atoms with Crippen molar-refractivity contribution >= 4 is 16.8 Å². The SMILES string of the molecule is CCn1cc(-c2cc(C(=O)N3CCC[C@@H]3C)c3c(C)cc(C)cc3n2)cn1. The van der Waals surface area contributed by atoms with Gasteiger partial charge in [0.1, 0.15) is 0 Å². The summed E-state index contributed by atoms with van der Waals surface area (Å²) in [5, 5.41) is 5.34. The van der Waals surface area contributed by atoms with E-state index in [0.29, 0.717) is 0 Å². The second kappa shape index (κ2) is 6.80. The molecule has 0 N–H and O–H groups in total. The zero-order valence-corrected chi connectivity index (χ0v) is 16.5. The maximum absolute atomic E-state index is 13.4. The number of pyridine rings is 1. The average Bonchev–Trinajstić information content (AvgIpc) is 3.28. The minimum Gasteiger partial charge on any atom is -0.336 e. The van der Waals surface area contributed by atoms with Gasteiger partial charge in [0.2, 0.25) is 0 Å². The van der Waals surface area contributed by atoms with E-state index in [4.69, 9.17) is 4.98 Å². The van der Waals surface area contributed by atoms with E-state index < -0.39 is 0 Å². The van der Waals surface area contributed by atoms with Crippen molar-refractivity contribution in [3.63, 3.8) is 0 Å². The topological polar surface area (TPSA) is 51.0 Å². The van der Waals surface area contributed by atoms with E-state index in [1.807, 2.05) is 28.0 Å². The highest BCUT2D eigenvalue weighted by atomic mass is 16.2. The average molecular weight is 362 g/mol. The van der Waals surface area contributed by atoms with Gasteiger partial charge in [-0.2, -0.15) is 5.10 Å². The number of likely N-dealkylation sites (tertiary alicyclic amines) is 1. The molecule has 1 amide bonds. The number of hydrogen-bond acceptors (Lipinski definition) is 3. The number of benzene rings is 1. The van der Waals surface area contributed by atoms with E-state index in [0.717, 1.165) is 64.8 Å². The summed E-state index contributed by atoms with van der Waals surface area (Å²) in [4.78, 5) is 20.3. The Labute approximate surface area is 160 Å². The molecule has 3 heterocycles. The summed E-state index contributed by atoms with van der Waals surface area (Å²) in [7, 11) is 0. The second-order valence-electron chi connectivity index (χ2n) is 7.61. The molecule has 1 aromatic carbocycles. The second-order valence-corrected chi connectivity index (χ2v) is 7.61. The van der Waals surface area contributed by atoms with Crippen molar-refractivity contribution in [3.8, 4) is 11.3 Å². The molecule has 0 spiro atoms. The van der Waals surface area contributed by atoms with Gasteiger partial charge in [-0.05, 0) is 63.8 Å². The van der Waals surface area contributed by atoms with Crippen molar-refractivity contribution in [2.45, 2.75) is 53.1 Å². The number of amides is 1. The molecule has 2 aromatic heterocycles. The standard InChI is InChI=1S/C22H26N4O/c1-5-25-13-17(12-23-25)19-11-18(22(27)26-8-6-7-16(26)4)21-15(3)9-14(2)10-20(21)24-19/h9-13,16H,5-8H2,1-4H3/t16-/m0/s1. The summed E-state index contributed by atoms with van der Waals surface area (Å²) in [5.41, 5.74) is 5.64. The molecule has 4 rings (SSSR count). The minimum absolute atomic E-state index is 0.114. The first-order valence-electron chi connectivity index (χ1n) is 9.73.